The summed E-state index contributed by atoms with van der Waals surface area (Å²) >= 11 is 0. The first-order chi connectivity index (χ1) is 10.1. The highest BCUT2D eigenvalue weighted by Crippen LogP contribution is 2.27. The van der Waals surface area contributed by atoms with Gasteiger partial charge in [-0.2, -0.15) is 0 Å². The largest absolute Gasteiger partial charge is 0.296 e. The third kappa shape index (κ3) is 2.06. The molecule has 0 unspecified atom stereocenters. The topological polar surface area (TPSA) is 77.5 Å². The van der Waals surface area contributed by atoms with E-state index in [-0.39, 0.29) is 5.69 Å². The zero-order chi connectivity index (χ0) is 15.0. The molecule has 3 rings (SSSR count). The normalized spacial score (nSPS) is 10.7. The molecule has 0 radical (unpaired) electrons. The highest BCUT2D eigenvalue weighted by atomic mass is 16.6. The first-order valence-electron chi connectivity index (χ1n) is 6.30. The molecule has 0 amide bonds. The van der Waals surface area contributed by atoms with Gasteiger partial charge in [-0.3, -0.25) is 19.3 Å². The van der Waals surface area contributed by atoms with Gasteiger partial charge in [-0.05, 0) is 19.1 Å². The zero-order valence-corrected chi connectivity index (χ0v) is 11.2. The van der Waals surface area contributed by atoms with Crippen LogP contribution in [0.1, 0.15) is 16.2 Å². The van der Waals surface area contributed by atoms with Crippen LogP contribution < -0.4 is 0 Å². The molecule has 0 spiro atoms. The summed E-state index contributed by atoms with van der Waals surface area (Å²) in [5.41, 5.74) is 2.87. The van der Waals surface area contributed by atoms with Crippen molar-refractivity contribution in [2.45, 2.75) is 6.92 Å². The van der Waals surface area contributed by atoms with Gasteiger partial charge in [0.15, 0.2) is 6.29 Å². The average Bonchev–Trinajstić information content (AvgIpc) is 2.87. The Kier molecular flexibility index (Phi) is 2.98. The predicted molar refractivity (Wildman–Crippen MR) is 77.4 cm³/mol. The van der Waals surface area contributed by atoms with Gasteiger partial charge in [0.2, 0.25) is 0 Å². The highest BCUT2D eigenvalue weighted by molar-refractivity contribution is 5.86. The molecule has 0 aliphatic heterocycles. The summed E-state index contributed by atoms with van der Waals surface area (Å²) in [7, 11) is 0. The molecule has 0 saturated carbocycles. The van der Waals surface area contributed by atoms with Crippen molar-refractivity contribution in [2.24, 2.45) is 0 Å². The summed E-state index contributed by atoms with van der Waals surface area (Å²) in [6.45, 7) is 1.87. The van der Waals surface area contributed by atoms with Gasteiger partial charge in [0.1, 0.15) is 17.0 Å². The Hall–Kier alpha value is -3.02. The molecule has 0 N–H and O–H groups in total. The fourth-order valence-corrected chi connectivity index (χ4v) is 2.37. The number of hydrogen-bond donors (Lipinski definition) is 0. The molecule has 21 heavy (non-hydrogen) atoms. The van der Waals surface area contributed by atoms with Crippen LogP contribution in [0.3, 0.4) is 0 Å². The summed E-state index contributed by atoms with van der Waals surface area (Å²) in [6, 6.07) is 11.6. The number of non-ortho nitro benzene ring substituents is 1. The molecule has 6 heteroatoms. The van der Waals surface area contributed by atoms with E-state index >= 15 is 0 Å². The van der Waals surface area contributed by atoms with Crippen LogP contribution in [0, 0.1) is 17.0 Å². The Morgan fingerprint density at radius 2 is 2.00 bits per heavy atom. The summed E-state index contributed by atoms with van der Waals surface area (Å²) in [4.78, 5) is 26.3. The number of aryl methyl sites for hydroxylation is 1. The van der Waals surface area contributed by atoms with Gasteiger partial charge in [-0.15, -0.1) is 0 Å². The predicted octanol–water partition coefficient (Wildman–Crippen LogP) is 3.03. The number of aromatic nitrogens is 2. The van der Waals surface area contributed by atoms with Gasteiger partial charge in [0.05, 0.1) is 4.92 Å². The van der Waals surface area contributed by atoms with Crippen LogP contribution in [-0.4, -0.2) is 20.6 Å². The minimum atomic E-state index is -0.467. The standard InChI is InChI=1S/C15H11N3O3/c1-10-4-2-7-14-16-15(13(9-19)17(10)14)11-5-3-6-12(8-11)18(20)21/h2-9H,1H3. The molecule has 3 aromatic rings. The first-order valence-corrected chi connectivity index (χ1v) is 6.30. The van der Waals surface area contributed by atoms with E-state index in [9.17, 15) is 14.9 Å². The number of rotatable bonds is 3. The summed E-state index contributed by atoms with van der Waals surface area (Å²) in [5.74, 6) is 0. The van der Waals surface area contributed by atoms with Gasteiger partial charge in [-0.25, -0.2) is 4.98 Å². The second-order valence-electron chi connectivity index (χ2n) is 4.63. The number of carbonyl (C=O) groups excluding carboxylic acids is 1. The van der Waals surface area contributed by atoms with Crippen molar-refractivity contribution >= 4 is 17.6 Å². The first kappa shape index (κ1) is 13.0. The second-order valence-corrected chi connectivity index (χ2v) is 4.63. The number of carbonyl (C=O) groups is 1. The molecular weight excluding hydrogens is 270 g/mol. The Bertz CT molecular complexity index is 868. The Labute approximate surface area is 119 Å². The van der Waals surface area contributed by atoms with Crippen molar-refractivity contribution in [3.05, 3.63) is 64.0 Å². The van der Waals surface area contributed by atoms with Crippen molar-refractivity contribution in [1.82, 2.24) is 9.38 Å². The van der Waals surface area contributed by atoms with Gasteiger partial charge in [0, 0.05) is 23.4 Å². The Balaban J connectivity index is 2.30. The van der Waals surface area contributed by atoms with E-state index in [1.165, 1.54) is 12.1 Å². The molecule has 0 bridgehead atoms. The molecule has 2 heterocycles. The lowest BCUT2D eigenvalue weighted by molar-refractivity contribution is -0.384. The van der Waals surface area contributed by atoms with Crippen LogP contribution >= 0.6 is 0 Å². The minimum absolute atomic E-state index is 0.0295. The fraction of sp³-hybridized carbons (Fsp3) is 0.0667. The van der Waals surface area contributed by atoms with Crippen LogP contribution in [-0.2, 0) is 0 Å². The number of fused-ring (bicyclic) bond motifs is 1. The monoisotopic (exact) mass is 281 g/mol. The van der Waals surface area contributed by atoms with Gasteiger partial charge >= 0.3 is 0 Å². The molecular formula is C15H11N3O3. The lowest BCUT2D eigenvalue weighted by Crippen LogP contribution is -1.96. The molecule has 0 saturated heterocycles. The fourth-order valence-electron chi connectivity index (χ4n) is 2.37. The van der Waals surface area contributed by atoms with Crippen molar-refractivity contribution in [1.29, 1.82) is 0 Å². The van der Waals surface area contributed by atoms with E-state index < -0.39 is 4.92 Å². The van der Waals surface area contributed by atoms with Crippen LogP contribution in [0.15, 0.2) is 42.5 Å². The Morgan fingerprint density at radius 1 is 1.24 bits per heavy atom. The number of nitro benzene ring substituents is 1. The number of imidazole rings is 1. The van der Waals surface area contributed by atoms with E-state index in [0.29, 0.717) is 22.6 Å². The third-order valence-corrected chi connectivity index (χ3v) is 3.32. The number of hydrogen-bond acceptors (Lipinski definition) is 4. The lowest BCUT2D eigenvalue weighted by atomic mass is 10.1. The molecule has 2 aromatic heterocycles. The summed E-state index contributed by atoms with van der Waals surface area (Å²) in [6.07, 6.45) is 0.723. The average molecular weight is 281 g/mol. The molecule has 1 aromatic carbocycles. The minimum Gasteiger partial charge on any atom is -0.296 e. The molecule has 104 valence electrons. The highest BCUT2D eigenvalue weighted by Gasteiger charge is 2.16. The van der Waals surface area contributed by atoms with Gasteiger partial charge in [-0.1, -0.05) is 18.2 Å². The third-order valence-electron chi connectivity index (χ3n) is 3.32. The second kappa shape index (κ2) is 4.82. The van der Waals surface area contributed by atoms with Crippen molar-refractivity contribution in [3.8, 4) is 11.3 Å². The smallest absolute Gasteiger partial charge is 0.270 e. The maximum atomic E-state index is 11.5. The number of aldehydes is 1. The number of pyridine rings is 1. The number of benzene rings is 1. The van der Waals surface area contributed by atoms with E-state index in [2.05, 4.69) is 4.98 Å². The zero-order valence-electron chi connectivity index (χ0n) is 11.2. The molecule has 0 aliphatic carbocycles. The summed E-state index contributed by atoms with van der Waals surface area (Å²) < 4.78 is 1.74. The van der Waals surface area contributed by atoms with Crippen LogP contribution in [0.4, 0.5) is 5.69 Å². The van der Waals surface area contributed by atoms with E-state index in [1.54, 1.807) is 22.6 Å². The van der Waals surface area contributed by atoms with Crippen LogP contribution in [0.5, 0.6) is 0 Å². The molecule has 0 fully saturated rings. The van der Waals surface area contributed by atoms with Crippen LogP contribution in [0.2, 0.25) is 0 Å². The Morgan fingerprint density at radius 3 is 2.71 bits per heavy atom. The van der Waals surface area contributed by atoms with E-state index in [0.717, 1.165) is 12.0 Å². The van der Waals surface area contributed by atoms with Crippen molar-refractivity contribution in [2.75, 3.05) is 0 Å². The maximum Gasteiger partial charge on any atom is 0.270 e. The maximum absolute atomic E-state index is 11.5. The van der Waals surface area contributed by atoms with E-state index in [1.807, 2.05) is 19.1 Å². The number of nitrogens with zero attached hydrogens (tertiary/aromatic N) is 3. The van der Waals surface area contributed by atoms with Crippen molar-refractivity contribution in [3.63, 3.8) is 0 Å². The summed E-state index contributed by atoms with van der Waals surface area (Å²) in [5, 5.41) is 10.9. The van der Waals surface area contributed by atoms with Gasteiger partial charge in [0.25, 0.3) is 5.69 Å². The lowest BCUT2D eigenvalue weighted by Gasteiger charge is -2.01. The number of nitro groups is 1. The van der Waals surface area contributed by atoms with E-state index in [4.69, 9.17) is 0 Å². The quantitative estimate of drug-likeness (QED) is 0.420. The molecule has 0 aliphatic rings. The SMILES string of the molecule is Cc1cccc2nc(-c3cccc([N+](=O)[O-])c3)c(C=O)n12. The molecule has 0 atom stereocenters. The molecule has 6 nitrogen and oxygen atoms in total. The van der Waals surface area contributed by atoms with Crippen molar-refractivity contribution < 1.29 is 9.72 Å². The van der Waals surface area contributed by atoms with Gasteiger partial charge < -0.3 is 0 Å². The van der Waals surface area contributed by atoms with Crippen LogP contribution in [0.25, 0.3) is 16.9 Å².